The second-order valence-electron chi connectivity index (χ2n) is 3.62. The summed E-state index contributed by atoms with van der Waals surface area (Å²) in [4.78, 5) is 20.2. The summed E-state index contributed by atoms with van der Waals surface area (Å²) in [7, 11) is 0. The fraction of sp³-hybridized carbons (Fsp3) is 0. The molecule has 0 unspecified atom stereocenters. The minimum atomic E-state index is -0.704. The van der Waals surface area contributed by atoms with E-state index < -0.39 is 5.97 Å². The number of pyridine rings is 1. The molecule has 0 bridgehead atoms. The summed E-state index contributed by atoms with van der Waals surface area (Å²) in [5, 5.41) is 4.52. The van der Waals surface area contributed by atoms with Gasteiger partial charge in [0.2, 0.25) is 0 Å². The standard InChI is InChI=1S/C13H7Cl3N2O2/c14-9-4-3-8(11(15)6-9)7-18-20-13(19)10-2-1-5-17-12(10)16/h1-7H/b18-7+. The number of oxime groups is 1. The average molecular weight is 330 g/mol. The van der Waals surface area contributed by atoms with Gasteiger partial charge in [-0.3, -0.25) is 0 Å². The van der Waals surface area contributed by atoms with Crippen molar-refractivity contribution in [2.45, 2.75) is 0 Å². The van der Waals surface area contributed by atoms with Gasteiger partial charge < -0.3 is 4.84 Å². The number of halogens is 3. The van der Waals surface area contributed by atoms with Gasteiger partial charge in [-0.05, 0) is 24.3 Å². The van der Waals surface area contributed by atoms with E-state index in [0.717, 1.165) is 0 Å². The van der Waals surface area contributed by atoms with Crippen molar-refractivity contribution < 1.29 is 9.63 Å². The van der Waals surface area contributed by atoms with Crippen LogP contribution in [0.2, 0.25) is 15.2 Å². The van der Waals surface area contributed by atoms with Crippen LogP contribution in [0.1, 0.15) is 15.9 Å². The highest BCUT2D eigenvalue weighted by molar-refractivity contribution is 6.36. The molecule has 0 amide bonds. The van der Waals surface area contributed by atoms with Crippen LogP contribution in [0.5, 0.6) is 0 Å². The van der Waals surface area contributed by atoms with Gasteiger partial charge in [-0.15, -0.1) is 0 Å². The van der Waals surface area contributed by atoms with E-state index in [1.165, 1.54) is 18.5 Å². The molecule has 0 aliphatic rings. The number of carbonyl (C=O) groups is 1. The number of benzene rings is 1. The Hall–Kier alpha value is -1.62. The van der Waals surface area contributed by atoms with Crippen LogP contribution >= 0.6 is 34.8 Å². The van der Waals surface area contributed by atoms with Crippen molar-refractivity contribution in [1.29, 1.82) is 0 Å². The first-order valence-electron chi connectivity index (χ1n) is 5.38. The van der Waals surface area contributed by atoms with E-state index >= 15 is 0 Å². The van der Waals surface area contributed by atoms with Gasteiger partial charge >= 0.3 is 5.97 Å². The number of hydrogen-bond donors (Lipinski definition) is 0. The van der Waals surface area contributed by atoms with Gasteiger partial charge in [0.1, 0.15) is 5.15 Å². The summed E-state index contributed by atoms with van der Waals surface area (Å²) in [6.07, 6.45) is 2.77. The maximum atomic E-state index is 11.7. The molecule has 2 rings (SSSR count). The Morgan fingerprint density at radius 2 is 2.05 bits per heavy atom. The van der Waals surface area contributed by atoms with Crippen LogP contribution in [0, 0.1) is 0 Å². The molecule has 4 nitrogen and oxygen atoms in total. The largest absolute Gasteiger partial charge is 0.368 e. The van der Waals surface area contributed by atoms with Crippen molar-refractivity contribution in [3.63, 3.8) is 0 Å². The monoisotopic (exact) mass is 328 g/mol. The molecule has 0 fully saturated rings. The Bertz CT molecular complexity index is 674. The van der Waals surface area contributed by atoms with Crippen molar-refractivity contribution in [2.24, 2.45) is 5.16 Å². The SMILES string of the molecule is O=C(O/N=C/c1ccc(Cl)cc1Cl)c1cccnc1Cl. The summed E-state index contributed by atoms with van der Waals surface area (Å²) < 4.78 is 0. The zero-order chi connectivity index (χ0) is 14.5. The summed E-state index contributed by atoms with van der Waals surface area (Å²) in [5.74, 6) is -0.704. The van der Waals surface area contributed by atoms with Crippen LogP contribution in [-0.2, 0) is 4.84 Å². The Balaban J connectivity index is 2.07. The predicted molar refractivity (Wildman–Crippen MR) is 78.7 cm³/mol. The second kappa shape index (κ2) is 6.70. The smallest absolute Gasteiger partial charge is 0.313 e. The molecule has 102 valence electrons. The molecule has 0 spiro atoms. The third kappa shape index (κ3) is 3.70. The fourth-order valence-corrected chi connectivity index (χ4v) is 1.98. The Morgan fingerprint density at radius 3 is 2.75 bits per heavy atom. The zero-order valence-electron chi connectivity index (χ0n) is 9.89. The van der Waals surface area contributed by atoms with Crippen LogP contribution in [0.4, 0.5) is 0 Å². The first-order chi connectivity index (χ1) is 9.58. The lowest BCUT2D eigenvalue weighted by atomic mass is 10.2. The molecule has 1 aromatic heterocycles. The lowest BCUT2D eigenvalue weighted by Gasteiger charge is -2.00. The molecule has 0 atom stereocenters. The Morgan fingerprint density at radius 1 is 1.25 bits per heavy atom. The molecule has 0 aliphatic heterocycles. The highest BCUT2D eigenvalue weighted by atomic mass is 35.5. The van der Waals surface area contributed by atoms with Gasteiger partial charge in [0.05, 0.1) is 16.8 Å². The van der Waals surface area contributed by atoms with Crippen molar-refractivity contribution in [1.82, 2.24) is 4.98 Å². The molecule has 20 heavy (non-hydrogen) atoms. The number of carbonyl (C=O) groups excluding carboxylic acids is 1. The normalized spacial score (nSPS) is 10.8. The van der Waals surface area contributed by atoms with Gasteiger partial charge in [-0.25, -0.2) is 9.78 Å². The van der Waals surface area contributed by atoms with Crippen molar-refractivity contribution in [3.05, 3.63) is 62.9 Å². The van der Waals surface area contributed by atoms with Crippen LogP contribution in [-0.4, -0.2) is 17.2 Å². The number of nitrogens with zero attached hydrogens (tertiary/aromatic N) is 2. The highest BCUT2D eigenvalue weighted by Crippen LogP contribution is 2.19. The minimum Gasteiger partial charge on any atom is -0.313 e. The third-order valence-corrected chi connectivity index (χ3v) is 3.13. The van der Waals surface area contributed by atoms with Crippen LogP contribution in [0.3, 0.4) is 0 Å². The van der Waals surface area contributed by atoms with Crippen molar-refractivity contribution in [3.8, 4) is 0 Å². The first-order valence-corrected chi connectivity index (χ1v) is 6.51. The average Bonchev–Trinajstić information content (AvgIpc) is 2.41. The number of aromatic nitrogens is 1. The van der Waals surface area contributed by atoms with E-state index in [4.69, 9.17) is 39.6 Å². The molecule has 2 aromatic rings. The van der Waals surface area contributed by atoms with Gasteiger partial charge in [-0.1, -0.05) is 46.0 Å². The van der Waals surface area contributed by atoms with Crippen molar-refractivity contribution in [2.75, 3.05) is 0 Å². The summed E-state index contributed by atoms with van der Waals surface area (Å²) >= 11 is 17.5. The zero-order valence-corrected chi connectivity index (χ0v) is 12.2. The number of hydrogen-bond acceptors (Lipinski definition) is 4. The number of rotatable bonds is 3. The molecule has 0 saturated carbocycles. The molecular formula is C13H7Cl3N2O2. The third-order valence-electron chi connectivity index (χ3n) is 2.27. The van der Waals surface area contributed by atoms with E-state index in [0.29, 0.717) is 15.6 Å². The lowest BCUT2D eigenvalue weighted by Crippen LogP contribution is -2.02. The van der Waals surface area contributed by atoms with E-state index in [9.17, 15) is 4.79 Å². The van der Waals surface area contributed by atoms with Crippen LogP contribution in [0.15, 0.2) is 41.7 Å². The van der Waals surface area contributed by atoms with Crippen LogP contribution < -0.4 is 0 Å². The fourth-order valence-electron chi connectivity index (χ4n) is 1.32. The molecular weight excluding hydrogens is 323 g/mol. The maximum Gasteiger partial charge on any atom is 0.368 e. The molecule has 1 heterocycles. The molecule has 1 aromatic carbocycles. The van der Waals surface area contributed by atoms with Gasteiger partial charge in [0.25, 0.3) is 0 Å². The van der Waals surface area contributed by atoms with Crippen LogP contribution in [0.25, 0.3) is 0 Å². The van der Waals surface area contributed by atoms with E-state index in [-0.39, 0.29) is 10.7 Å². The van der Waals surface area contributed by atoms with Gasteiger partial charge in [-0.2, -0.15) is 0 Å². The van der Waals surface area contributed by atoms with Gasteiger partial charge in [0.15, 0.2) is 0 Å². The summed E-state index contributed by atoms with van der Waals surface area (Å²) in [5.41, 5.74) is 0.703. The molecule has 0 aliphatic carbocycles. The Labute approximate surface area is 129 Å². The molecule has 0 N–H and O–H groups in total. The maximum absolute atomic E-state index is 11.7. The molecule has 0 radical (unpaired) electrons. The minimum absolute atomic E-state index is 0.0530. The molecule has 0 saturated heterocycles. The van der Waals surface area contributed by atoms with Gasteiger partial charge in [0, 0.05) is 16.8 Å². The topological polar surface area (TPSA) is 51.5 Å². The predicted octanol–water partition coefficient (Wildman–Crippen LogP) is 4.23. The molecule has 7 heteroatoms. The van der Waals surface area contributed by atoms with E-state index in [2.05, 4.69) is 10.1 Å². The van der Waals surface area contributed by atoms with E-state index in [1.54, 1.807) is 24.3 Å². The quantitative estimate of drug-likeness (QED) is 0.366. The van der Waals surface area contributed by atoms with E-state index in [1.807, 2.05) is 0 Å². The summed E-state index contributed by atoms with van der Waals surface area (Å²) in [6.45, 7) is 0. The first kappa shape index (κ1) is 14.8. The Kier molecular flexibility index (Phi) is 4.95. The highest BCUT2D eigenvalue weighted by Gasteiger charge is 2.11. The lowest BCUT2D eigenvalue weighted by molar-refractivity contribution is 0.0519. The van der Waals surface area contributed by atoms with Crippen molar-refractivity contribution >= 4 is 47.0 Å². The summed E-state index contributed by atoms with van der Waals surface area (Å²) in [6, 6.07) is 7.92. The second-order valence-corrected chi connectivity index (χ2v) is 4.82.